The summed E-state index contributed by atoms with van der Waals surface area (Å²) in [4.78, 5) is 57.6. The highest BCUT2D eigenvalue weighted by atomic mass is 32.1. The van der Waals surface area contributed by atoms with E-state index in [0.29, 0.717) is 0 Å². The van der Waals surface area contributed by atoms with Crippen molar-refractivity contribution in [1.29, 1.82) is 0 Å². The molecule has 1 rings (SSSR count). The smallest absolute Gasteiger partial charge is 0.303 e. The minimum Gasteiger partial charge on any atom is -0.463 e. The normalized spacial score (nSPS) is 26.0. The molecular weight excluding hydrogens is 412 g/mol. The van der Waals surface area contributed by atoms with Gasteiger partial charge in [0.25, 0.3) is 5.91 Å². The molecule has 0 radical (unpaired) electrons. The molecule has 2 N–H and O–H groups in total. The van der Waals surface area contributed by atoms with Crippen molar-refractivity contribution in [2.75, 3.05) is 13.2 Å². The first kappa shape index (κ1) is 24.7. The molecule has 1 heterocycles. The Bertz CT molecular complexity index is 643. The molecule has 13 heteroatoms. The molecule has 5 atom stereocenters. The van der Waals surface area contributed by atoms with Gasteiger partial charge >= 0.3 is 17.9 Å². The molecule has 1 aliphatic rings. The highest BCUT2D eigenvalue weighted by Crippen LogP contribution is 2.28. The molecule has 0 aliphatic carbocycles. The van der Waals surface area contributed by atoms with Gasteiger partial charge in [0.1, 0.15) is 25.4 Å². The zero-order valence-electron chi connectivity index (χ0n) is 16.3. The number of hydrogen-bond donors (Lipinski definition) is 3. The number of ether oxygens (including phenoxy) is 5. The first-order valence-electron chi connectivity index (χ1n) is 8.50. The van der Waals surface area contributed by atoms with Crippen LogP contribution in [0.1, 0.15) is 27.7 Å². The number of rotatable bonds is 8. The number of hydrogen-bond acceptors (Lipinski definition) is 11. The third kappa shape index (κ3) is 8.25. The highest BCUT2D eigenvalue weighted by Gasteiger charge is 2.51. The van der Waals surface area contributed by atoms with Crippen molar-refractivity contribution in [3.8, 4) is 0 Å². The van der Waals surface area contributed by atoms with Gasteiger partial charge < -0.3 is 33.7 Å². The number of nitrogens with one attached hydrogen (secondary N) is 2. The SMILES string of the molecule is CC(=O)NC1C(OCC(=O)NS)OC(COC(C)=O)C(OC(C)=O)C1OC(C)=O. The molecule has 0 spiro atoms. The van der Waals surface area contributed by atoms with E-state index in [4.69, 9.17) is 23.7 Å². The zero-order valence-corrected chi connectivity index (χ0v) is 17.2. The Morgan fingerprint density at radius 1 is 0.931 bits per heavy atom. The maximum absolute atomic E-state index is 11.7. The van der Waals surface area contributed by atoms with Crippen molar-refractivity contribution >= 4 is 42.5 Å². The van der Waals surface area contributed by atoms with Gasteiger partial charge in [0, 0.05) is 27.7 Å². The number of carbonyl (C=O) groups excluding carboxylic acids is 5. The lowest BCUT2D eigenvalue weighted by atomic mass is 9.96. The van der Waals surface area contributed by atoms with E-state index in [2.05, 4.69) is 22.9 Å². The van der Waals surface area contributed by atoms with Crippen molar-refractivity contribution in [3.05, 3.63) is 0 Å². The van der Waals surface area contributed by atoms with E-state index in [1.54, 1.807) is 0 Å². The van der Waals surface area contributed by atoms with Crippen LogP contribution in [0.25, 0.3) is 0 Å². The van der Waals surface area contributed by atoms with Gasteiger partial charge in [-0.2, -0.15) is 0 Å². The lowest BCUT2D eigenvalue weighted by molar-refractivity contribution is -0.276. The zero-order chi connectivity index (χ0) is 22.1. The Balaban J connectivity index is 3.26. The minimum absolute atomic E-state index is 0.365. The van der Waals surface area contributed by atoms with Crippen molar-refractivity contribution in [1.82, 2.24) is 10.0 Å². The molecule has 1 saturated heterocycles. The van der Waals surface area contributed by atoms with Gasteiger partial charge in [-0.3, -0.25) is 24.0 Å². The number of esters is 3. The molecule has 0 aromatic rings. The largest absolute Gasteiger partial charge is 0.463 e. The molecule has 29 heavy (non-hydrogen) atoms. The van der Waals surface area contributed by atoms with E-state index in [1.807, 2.05) is 0 Å². The van der Waals surface area contributed by atoms with Crippen LogP contribution in [-0.2, 0) is 47.7 Å². The van der Waals surface area contributed by atoms with Crippen LogP contribution in [0.5, 0.6) is 0 Å². The fourth-order valence-electron chi connectivity index (χ4n) is 2.62. The summed E-state index contributed by atoms with van der Waals surface area (Å²) in [5.41, 5.74) is 0. The Morgan fingerprint density at radius 3 is 2.00 bits per heavy atom. The van der Waals surface area contributed by atoms with Crippen LogP contribution in [0.15, 0.2) is 0 Å². The van der Waals surface area contributed by atoms with Crippen LogP contribution in [0, 0.1) is 0 Å². The van der Waals surface area contributed by atoms with Gasteiger partial charge in [0.15, 0.2) is 18.5 Å². The standard InChI is InChI=1S/C16H24N2O10S/c1-7(19)17-13-15(27-10(4)22)14(26-9(3)21)11(5-24-8(2)20)28-16(13)25-6-12(23)18-29/h11,13-16,29H,5-6H2,1-4H3,(H,17,19)(H,18,23). The van der Waals surface area contributed by atoms with Gasteiger partial charge in [0.2, 0.25) is 5.91 Å². The molecule has 0 aromatic heterocycles. The van der Waals surface area contributed by atoms with Crippen molar-refractivity contribution in [2.24, 2.45) is 0 Å². The van der Waals surface area contributed by atoms with E-state index < -0.39 is 67.0 Å². The summed E-state index contributed by atoms with van der Waals surface area (Å²) in [6.45, 7) is 3.75. The summed E-state index contributed by atoms with van der Waals surface area (Å²) in [6.07, 6.45) is -4.90. The first-order chi connectivity index (χ1) is 13.5. The number of amides is 2. The predicted molar refractivity (Wildman–Crippen MR) is 97.1 cm³/mol. The third-order valence-corrected chi connectivity index (χ3v) is 3.82. The third-order valence-electron chi connectivity index (χ3n) is 3.57. The second-order valence-corrected chi connectivity index (χ2v) is 6.29. The maximum Gasteiger partial charge on any atom is 0.303 e. The Morgan fingerprint density at radius 2 is 1.52 bits per heavy atom. The van der Waals surface area contributed by atoms with Crippen LogP contribution in [0.4, 0.5) is 0 Å². The number of thiol groups is 1. The number of carbonyl (C=O) groups is 5. The van der Waals surface area contributed by atoms with Gasteiger partial charge in [-0.25, -0.2) is 0 Å². The molecular formula is C16H24N2O10S. The van der Waals surface area contributed by atoms with Crippen molar-refractivity contribution < 1.29 is 47.7 Å². The van der Waals surface area contributed by atoms with E-state index >= 15 is 0 Å². The van der Waals surface area contributed by atoms with Gasteiger partial charge in [-0.15, -0.1) is 0 Å². The molecule has 2 amide bonds. The van der Waals surface area contributed by atoms with Gasteiger partial charge in [-0.1, -0.05) is 12.8 Å². The molecule has 5 unspecified atom stereocenters. The summed E-state index contributed by atoms with van der Waals surface area (Å²) in [7, 11) is 0. The fraction of sp³-hybridized carbons (Fsp3) is 0.688. The molecule has 0 bridgehead atoms. The summed E-state index contributed by atoms with van der Waals surface area (Å²) in [6, 6.07) is -1.14. The summed E-state index contributed by atoms with van der Waals surface area (Å²) in [5, 5.41) is 2.50. The quantitative estimate of drug-likeness (QED) is 0.235. The minimum atomic E-state index is -1.30. The van der Waals surface area contributed by atoms with Crippen LogP contribution < -0.4 is 10.0 Å². The van der Waals surface area contributed by atoms with Gasteiger partial charge in [0.05, 0.1) is 0 Å². The van der Waals surface area contributed by atoms with Crippen LogP contribution in [0.2, 0.25) is 0 Å². The average Bonchev–Trinajstić information content (AvgIpc) is 2.60. The monoisotopic (exact) mass is 436 g/mol. The molecule has 1 aliphatic heterocycles. The first-order valence-corrected chi connectivity index (χ1v) is 8.94. The molecule has 0 aromatic carbocycles. The van der Waals surface area contributed by atoms with E-state index in [1.165, 1.54) is 13.8 Å². The molecule has 164 valence electrons. The Kier molecular flexibility index (Phi) is 9.85. The maximum atomic E-state index is 11.7. The predicted octanol–water partition coefficient (Wildman–Crippen LogP) is -1.38. The second-order valence-electron chi connectivity index (χ2n) is 6.07. The summed E-state index contributed by atoms with van der Waals surface area (Å²) < 4.78 is 28.5. The van der Waals surface area contributed by atoms with Crippen LogP contribution in [-0.4, -0.2) is 73.6 Å². The molecule has 12 nitrogen and oxygen atoms in total. The summed E-state index contributed by atoms with van der Waals surface area (Å²) in [5.74, 6) is -3.22. The van der Waals surface area contributed by atoms with E-state index in [-0.39, 0.29) is 6.61 Å². The van der Waals surface area contributed by atoms with E-state index in [9.17, 15) is 24.0 Å². The lowest BCUT2D eigenvalue weighted by Crippen LogP contribution is -2.66. The molecule has 0 saturated carbocycles. The van der Waals surface area contributed by atoms with Gasteiger partial charge in [-0.05, 0) is 0 Å². The Labute approximate surface area is 172 Å². The second kappa shape index (κ2) is 11.6. The van der Waals surface area contributed by atoms with Crippen LogP contribution >= 0.6 is 12.8 Å². The van der Waals surface area contributed by atoms with Crippen LogP contribution in [0.3, 0.4) is 0 Å². The Hall–Kier alpha value is -2.38. The van der Waals surface area contributed by atoms with Crippen molar-refractivity contribution in [2.45, 2.75) is 58.3 Å². The molecule has 1 fully saturated rings. The highest BCUT2D eigenvalue weighted by molar-refractivity contribution is 7.78. The summed E-state index contributed by atoms with van der Waals surface area (Å²) >= 11 is 3.61. The lowest BCUT2D eigenvalue weighted by Gasteiger charge is -2.44. The average molecular weight is 436 g/mol. The van der Waals surface area contributed by atoms with Crippen molar-refractivity contribution in [3.63, 3.8) is 0 Å². The topological polar surface area (TPSA) is 156 Å². The van der Waals surface area contributed by atoms with E-state index in [0.717, 1.165) is 13.8 Å². The fourth-order valence-corrected chi connectivity index (χ4v) is 2.69.